The number of aliphatic carboxylic acids is 1. The Morgan fingerprint density at radius 2 is 2.17 bits per heavy atom. The molecule has 6 nitrogen and oxygen atoms in total. The van der Waals surface area contributed by atoms with Crippen molar-refractivity contribution >= 4 is 27.8 Å². The number of hydrogen-bond donors (Lipinski definition) is 1. The van der Waals surface area contributed by atoms with Gasteiger partial charge in [-0.1, -0.05) is 6.92 Å². The molecule has 2 rings (SSSR count). The molecular formula is C16H20BrNO5. The number of ether oxygens (including phenoxy) is 2. The van der Waals surface area contributed by atoms with Crippen molar-refractivity contribution in [2.45, 2.75) is 19.8 Å². The summed E-state index contributed by atoms with van der Waals surface area (Å²) in [5.41, 5.74) is 0.448. The molecule has 1 aromatic carbocycles. The van der Waals surface area contributed by atoms with Gasteiger partial charge in [0.25, 0.3) is 5.91 Å². The highest BCUT2D eigenvalue weighted by Crippen LogP contribution is 2.37. The highest BCUT2D eigenvalue weighted by molar-refractivity contribution is 9.10. The number of carbonyl (C=O) groups excluding carboxylic acids is 1. The third kappa shape index (κ3) is 3.96. The SMILES string of the molecule is CCCOc1c(Br)cc(C(=O)N2CCC(C(=O)O)C2)cc1OC. The maximum Gasteiger partial charge on any atom is 0.308 e. The number of likely N-dealkylation sites (tertiary alicyclic amines) is 1. The van der Waals surface area contributed by atoms with Crippen LogP contribution in [0.4, 0.5) is 0 Å². The molecule has 1 N–H and O–H groups in total. The first-order valence-corrected chi connectivity index (χ1v) is 8.29. The molecule has 1 unspecified atom stereocenters. The monoisotopic (exact) mass is 385 g/mol. The van der Waals surface area contributed by atoms with Crippen molar-refractivity contribution in [3.63, 3.8) is 0 Å². The molecule has 0 spiro atoms. The molecule has 1 aromatic rings. The average Bonchev–Trinajstić information content (AvgIpc) is 3.02. The number of halogens is 1. The molecule has 0 saturated carbocycles. The van der Waals surface area contributed by atoms with Gasteiger partial charge in [-0.3, -0.25) is 9.59 Å². The van der Waals surface area contributed by atoms with E-state index in [1.165, 1.54) is 7.11 Å². The van der Waals surface area contributed by atoms with Crippen LogP contribution in [-0.2, 0) is 4.79 Å². The Hall–Kier alpha value is -1.76. The molecule has 1 saturated heterocycles. The van der Waals surface area contributed by atoms with Gasteiger partial charge in [0.2, 0.25) is 0 Å². The number of benzene rings is 1. The van der Waals surface area contributed by atoms with Crippen molar-refractivity contribution in [2.24, 2.45) is 5.92 Å². The Kier molecular flexibility index (Phi) is 5.87. The Labute approximate surface area is 143 Å². The highest BCUT2D eigenvalue weighted by atomic mass is 79.9. The lowest BCUT2D eigenvalue weighted by Crippen LogP contribution is -2.30. The first kappa shape index (κ1) is 17.6. The first-order chi connectivity index (χ1) is 11.0. The van der Waals surface area contributed by atoms with Crippen molar-refractivity contribution in [3.05, 3.63) is 22.2 Å². The van der Waals surface area contributed by atoms with E-state index in [2.05, 4.69) is 15.9 Å². The Balaban J connectivity index is 2.21. The summed E-state index contributed by atoms with van der Waals surface area (Å²) >= 11 is 3.41. The summed E-state index contributed by atoms with van der Waals surface area (Å²) in [5, 5.41) is 9.05. The van der Waals surface area contributed by atoms with Crippen LogP contribution in [0.5, 0.6) is 11.5 Å². The van der Waals surface area contributed by atoms with E-state index in [0.717, 1.165) is 6.42 Å². The predicted molar refractivity (Wildman–Crippen MR) is 88.1 cm³/mol. The van der Waals surface area contributed by atoms with Gasteiger partial charge < -0.3 is 19.5 Å². The lowest BCUT2D eigenvalue weighted by atomic mass is 10.1. The van der Waals surface area contributed by atoms with Crippen LogP contribution >= 0.6 is 15.9 Å². The van der Waals surface area contributed by atoms with Gasteiger partial charge in [-0.05, 0) is 40.9 Å². The van der Waals surface area contributed by atoms with Gasteiger partial charge in [-0.15, -0.1) is 0 Å². The number of carbonyl (C=O) groups is 2. The third-order valence-corrected chi connectivity index (χ3v) is 4.34. The number of carboxylic acids is 1. The fraction of sp³-hybridized carbons (Fsp3) is 0.500. The summed E-state index contributed by atoms with van der Waals surface area (Å²) in [6.07, 6.45) is 1.34. The first-order valence-electron chi connectivity index (χ1n) is 7.50. The minimum Gasteiger partial charge on any atom is -0.493 e. The summed E-state index contributed by atoms with van der Waals surface area (Å²) in [7, 11) is 1.52. The van der Waals surface area contributed by atoms with Gasteiger partial charge in [-0.25, -0.2) is 0 Å². The molecular weight excluding hydrogens is 366 g/mol. The molecule has 126 valence electrons. The molecule has 1 atom stereocenters. The molecule has 1 amide bonds. The van der Waals surface area contributed by atoms with Gasteiger partial charge in [0.05, 0.1) is 24.1 Å². The van der Waals surface area contributed by atoms with Crippen molar-refractivity contribution in [3.8, 4) is 11.5 Å². The third-order valence-electron chi connectivity index (χ3n) is 3.75. The molecule has 7 heteroatoms. The molecule has 0 aromatic heterocycles. The van der Waals surface area contributed by atoms with Crippen LogP contribution in [0, 0.1) is 5.92 Å². The van der Waals surface area contributed by atoms with E-state index in [1.807, 2.05) is 6.92 Å². The van der Waals surface area contributed by atoms with E-state index in [9.17, 15) is 9.59 Å². The van der Waals surface area contributed by atoms with Crippen molar-refractivity contribution in [1.29, 1.82) is 0 Å². The molecule has 0 radical (unpaired) electrons. The summed E-state index contributed by atoms with van der Waals surface area (Å²) in [4.78, 5) is 25.2. The zero-order chi connectivity index (χ0) is 17.0. The minimum atomic E-state index is -0.859. The molecule has 0 bridgehead atoms. The second-order valence-electron chi connectivity index (χ2n) is 5.41. The van der Waals surface area contributed by atoms with E-state index in [4.69, 9.17) is 14.6 Å². The second kappa shape index (κ2) is 7.68. The Bertz CT molecular complexity index is 604. The van der Waals surface area contributed by atoms with Crippen LogP contribution < -0.4 is 9.47 Å². The smallest absolute Gasteiger partial charge is 0.308 e. The van der Waals surface area contributed by atoms with E-state index in [1.54, 1.807) is 17.0 Å². The number of amides is 1. The topological polar surface area (TPSA) is 76.1 Å². The fourth-order valence-electron chi connectivity index (χ4n) is 2.52. The summed E-state index contributed by atoms with van der Waals surface area (Å²) in [6, 6.07) is 3.32. The van der Waals surface area contributed by atoms with Crippen LogP contribution in [0.2, 0.25) is 0 Å². The predicted octanol–water partition coefficient (Wildman–Crippen LogP) is 2.79. The van der Waals surface area contributed by atoms with Crippen molar-refractivity contribution in [1.82, 2.24) is 4.90 Å². The van der Waals surface area contributed by atoms with Gasteiger partial charge in [-0.2, -0.15) is 0 Å². The second-order valence-corrected chi connectivity index (χ2v) is 6.27. The molecule has 0 aliphatic carbocycles. The fourth-order valence-corrected chi connectivity index (χ4v) is 3.07. The Morgan fingerprint density at radius 1 is 1.43 bits per heavy atom. The van der Waals surface area contributed by atoms with Crippen molar-refractivity contribution < 1.29 is 24.2 Å². The van der Waals surface area contributed by atoms with Crippen LogP contribution in [0.25, 0.3) is 0 Å². The van der Waals surface area contributed by atoms with Crippen LogP contribution in [0.3, 0.4) is 0 Å². The van der Waals surface area contributed by atoms with E-state index in [0.29, 0.717) is 41.1 Å². The van der Waals surface area contributed by atoms with Crippen molar-refractivity contribution in [2.75, 3.05) is 26.8 Å². The highest BCUT2D eigenvalue weighted by Gasteiger charge is 2.31. The molecule has 23 heavy (non-hydrogen) atoms. The molecule has 1 heterocycles. The van der Waals surface area contributed by atoms with Crippen LogP contribution in [0.1, 0.15) is 30.1 Å². The maximum atomic E-state index is 12.6. The molecule has 1 aliphatic heterocycles. The maximum absolute atomic E-state index is 12.6. The number of hydrogen-bond acceptors (Lipinski definition) is 4. The van der Waals surface area contributed by atoms with Gasteiger partial charge >= 0.3 is 5.97 Å². The van der Waals surface area contributed by atoms with Gasteiger partial charge in [0.15, 0.2) is 11.5 Å². The van der Waals surface area contributed by atoms with Gasteiger partial charge in [0.1, 0.15) is 0 Å². The average molecular weight is 386 g/mol. The van der Waals surface area contributed by atoms with E-state index < -0.39 is 11.9 Å². The van der Waals surface area contributed by atoms with Crippen LogP contribution in [-0.4, -0.2) is 48.7 Å². The molecule has 1 fully saturated rings. The summed E-state index contributed by atoms with van der Waals surface area (Å²) < 4.78 is 11.6. The molecule has 1 aliphatic rings. The summed E-state index contributed by atoms with van der Waals surface area (Å²) in [5.74, 6) is -0.505. The number of nitrogens with zero attached hydrogens (tertiary/aromatic N) is 1. The van der Waals surface area contributed by atoms with Crippen LogP contribution in [0.15, 0.2) is 16.6 Å². The van der Waals surface area contributed by atoms with Gasteiger partial charge in [0, 0.05) is 18.7 Å². The Morgan fingerprint density at radius 3 is 2.74 bits per heavy atom. The summed E-state index contributed by atoms with van der Waals surface area (Å²) in [6.45, 7) is 3.24. The van der Waals surface area contributed by atoms with E-state index >= 15 is 0 Å². The number of rotatable bonds is 6. The number of methoxy groups -OCH3 is 1. The number of carboxylic acid groups (broad SMARTS) is 1. The zero-order valence-corrected chi connectivity index (χ0v) is 14.8. The largest absolute Gasteiger partial charge is 0.493 e. The standard InChI is InChI=1S/C16H20BrNO5/c1-3-6-23-14-12(17)7-11(8-13(14)22-2)15(19)18-5-4-10(9-18)16(20)21/h7-8,10H,3-6,9H2,1-2H3,(H,20,21). The van der Waals surface area contributed by atoms with E-state index in [-0.39, 0.29) is 12.5 Å². The zero-order valence-electron chi connectivity index (χ0n) is 13.2. The lowest BCUT2D eigenvalue weighted by molar-refractivity contribution is -0.141. The minimum absolute atomic E-state index is 0.199. The lowest BCUT2D eigenvalue weighted by Gasteiger charge is -2.18. The normalized spacial score (nSPS) is 17.2. The quantitative estimate of drug-likeness (QED) is 0.814.